The molecule has 0 saturated carbocycles. The Bertz CT molecular complexity index is 519. The molecule has 3 unspecified atom stereocenters. The maximum atomic E-state index is 11.5. The summed E-state index contributed by atoms with van der Waals surface area (Å²) in [6, 6.07) is -1.55. The van der Waals surface area contributed by atoms with Crippen LogP contribution in [-0.4, -0.2) is 61.5 Å². The molecule has 1 saturated heterocycles. The molecule has 22 heavy (non-hydrogen) atoms. The third-order valence-electron chi connectivity index (χ3n) is 3.75. The van der Waals surface area contributed by atoms with Crippen molar-refractivity contribution in [3.05, 3.63) is 0 Å². The summed E-state index contributed by atoms with van der Waals surface area (Å²) in [4.78, 5) is 44.3. The Labute approximate surface area is 125 Å². The number of carbonyl (C=O) groups is 4. The molecule has 124 valence electrons. The third-order valence-corrected chi connectivity index (χ3v) is 3.75. The molecule has 10 nitrogen and oxygen atoms in total. The van der Waals surface area contributed by atoms with Crippen LogP contribution in [-0.2, 0) is 19.2 Å². The molecule has 0 aromatic rings. The fourth-order valence-electron chi connectivity index (χ4n) is 2.63. The highest BCUT2D eigenvalue weighted by atomic mass is 16.4. The molecule has 10 heteroatoms. The van der Waals surface area contributed by atoms with E-state index in [-0.39, 0.29) is 0 Å². The van der Waals surface area contributed by atoms with Crippen LogP contribution in [0.4, 0.5) is 0 Å². The second-order valence-electron chi connectivity index (χ2n) is 5.50. The highest BCUT2D eigenvalue weighted by Gasteiger charge is 2.75. The van der Waals surface area contributed by atoms with E-state index in [1.807, 2.05) is 0 Å². The normalized spacial score (nSPS) is 28.1. The van der Waals surface area contributed by atoms with Gasteiger partial charge in [0.2, 0.25) is 0 Å². The van der Waals surface area contributed by atoms with Crippen molar-refractivity contribution in [3.8, 4) is 0 Å². The van der Waals surface area contributed by atoms with Crippen molar-refractivity contribution < 1.29 is 39.6 Å². The lowest BCUT2D eigenvalue weighted by atomic mass is 9.87. The van der Waals surface area contributed by atoms with Gasteiger partial charge in [0.15, 0.2) is 5.54 Å². The third kappa shape index (κ3) is 3.02. The standard InChI is InChI=1S/C12H18N2O8/c1-5(2)12(13-6(9(19)20)3-7(15)16)11(14-12,10(21)22)4-8(17)18/h5-6,13-14H,3-4H2,1-2H3,(H,15,16)(H,17,18)(H,19,20)(H,21,22). The molecule has 1 fully saturated rings. The number of nitrogens with one attached hydrogen (secondary N) is 2. The molecule has 1 aliphatic rings. The molecule has 1 heterocycles. The minimum atomic E-state index is -1.89. The highest BCUT2D eigenvalue weighted by Crippen LogP contribution is 2.45. The van der Waals surface area contributed by atoms with Crippen LogP contribution in [0.1, 0.15) is 26.7 Å². The number of carboxylic acids is 4. The number of rotatable bonds is 9. The molecule has 0 aromatic heterocycles. The van der Waals surface area contributed by atoms with Gasteiger partial charge in [0.05, 0.1) is 12.8 Å². The van der Waals surface area contributed by atoms with Crippen molar-refractivity contribution in [1.29, 1.82) is 0 Å². The molecule has 0 amide bonds. The second-order valence-corrected chi connectivity index (χ2v) is 5.50. The minimum absolute atomic E-state index is 0.501. The van der Waals surface area contributed by atoms with E-state index in [2.05, 4.69) is 10.6 Å². The van der Waals surface area contributed by atoms with Crippen LogP contribution < -0.4 is 10.6 Å². The molecule has 0 aliphatic carbocycles. The summed E-state index contributed by atoms with van der Waals surface area (Å²) in [5.41, 5.74) is -3.41. The maximum Gasteiger partial charge on any atom is 0.327 e. The molecule has 0 bridgehead atoms. The lowest BCUT2D eigenvalue weighted by Gasteiger charge is -2.27. The van der Waals surface area contributed by atoms with E-state index >= 15 is 0 Å². The molecule has 1 aliphatic heterocycles. The predicted octanol–water partition coefficient (Wildman–Crippen LogP) is -1.24. The van der Waals surface area contributed by atoms with Gasteiger partial charge in [-0.2, -0.15) is 0 Å². The van der Waals surface area contributed by atoms with Gasteiger partial charge in [-0.3, -0.25) is 29.8 Å². The Morgan fingerprint density at radius 3 is 1.91 bits per heavy atom. The van der Waals surface area contributed by atoms with Crippen molar-refractivity contribution >= 4 is 23.9 Å². The summed E-state index contributed by atoms with van der Waals surface area (Å²) in [5, 5.41) is 41.1. The molecule has 0 aromatic carbocycles. The average molecular weight is 318 g/mol. The first kappa shape index (κ1) is 17.9. The quantitative estimate of drug-likeness (QED) is 0.281. The zero-order chi connectivity index (χ0) is 17.3. The lowest BCUT2D eigenvalue weighted by molar-refractivity contribution is -0.148. The van der Waals surface area contributed by atoms with E-state index in [9.17, 15) is 24.3 Å². The zero-order valence-electron chi connectivity index (χ0n) is 12.0. The second kappa shape index (κ2) is 5.89. The van der Waals surface area contributed by atoms with Crippen molar-refractivity contribution in [2.45, 2.75) is 43.9 Å². The van der Waals surface area contributed by atoms with Crippen LogP contribution in [0.2, 0.25) is 0 Å². The first-order valence-electron chi connectivity index (χ1n) is 6.45. The average Bonchev–Trinajstić information content (AvgIpc) is 2.97. The van der Waals surface area contributed by atoms with Crippen molar-refractivity contribution in [3.63, 3.8) is 0 Å². The van der Waals surface area contributed by atoms with Gasteiger partial charge in [-0.15, -0.1) is 0 Å². The predicted molar refractivity (Wildman–Crippen MR) is 70.1 cm³/mol. The fraction of sp³-hybridized carbons (Fsp3) is 0.667. The molecule has 3 atom stereocenters. The van der Waals surface area contributed by atoms with Crippen LogP contribution in [0, 0.1) is 5.92 Å². The molecule has 6 N–H and O–H groups in total. The van der Waals surface area contributed by atoms with E-state index in [0.717, 1.165) is 0 Å². The van der Waals surface area contributed by atoms with Crippen molar-refractivity contribution in [2.24, 2.45) is 5.92 Å². The van der Waals surface area contributed by atoms with Gasteiger partial charge in [-0.1, -0.05) is 13.8 Å². The topological polar surface area (TPSA) is 183 Å². The summed E-state index contributed by atoms with van der Waals surface area (Å²) in [5.74, 6) is -6.16. The molecule has 1 rings (SSSR count). The van der Waals surface area contributed by atoms with E-state index in [0.29, 0.717) is 0 Å². The monoisotopic (exact) mass is 318 g/mol. The molecular formula is C12H18N2O8. The Morgan fingerprint density at radius 1 is 1.05 bits per heavy atom. The Hall–Kier alpha value is -2.20. The Morgan fingerprint density at radius 2 is 1.59 bits per heavy atom. The van der Waals surface area contributed by atoms with E-state index in [1.165, 1.54) is 0 Å². The number of carboxylic acid groups (broad SMARTS) is 4. The largest absolute Gasteiger partial charge is 0.481 e. The van der Waals surface area contributed by atoms with Crippen LogP contribution in [0.3, 0.4) is 0 Å². The van der Waals surface area contributed by atoms with E-state index in [1.54, 1.807) is 13.8 Å². The summed E-state index contributed by atoms with van der Waals surface area (Å²) < 4.78 is 0. The van der Waals surface area contributed by atoms with Crippen LogP contribution in [0.5, 0.6) is 0 Å². The summed E-state index contributed by atoms with van der Waals surface area (Å²) >= 11 is 0. The lowest BCUT2D eigenvalue weighted by Crippen LogP contribution is -2.55. The molecular weight excluding hydrogens is 300 g/mol. The minimum Gasteiger partial charge on any atom is -0.481 e. The van der Waals surface area contributed by atoms with Gasteiger partial charge < -0.3 is 20.4 Å². The van der Waals surface area contributed by atoms with Crippen molar-refractivity contribution in [2.75, 3.05) is 0 Å². The van der Waals surface area contributed by atoms with Gasteiger partial charge >= 0.3 is 23.9 Å². The number of aliphatic carboxylic acids is 4. The highest BCUT2D eigenvalue weighted by molar-refractivity contribution is 5.91. The number of hydrogen-bond acceptors (Lipinski definition) is 6. The van der Waals surface area contributed by atoms with Crippen LogP contribution >= 0.6 is 0 Å². The van der Waals surface area contributed by atoms with Gasteiger partial charge in [0, 0.05) is 0 Å². The van der Waals surface area contributed by atoms with Gasteiger partial charge in [-0.05, 0) is 5.92 Å². The van der Waals surface area contributed by atoms with Crippen LogP contribution in [0.15, 0.2) is 0 Å². The van der Waals surface area contributed by atoms with Gasteiger partial charge in [-0.25, -0.2) is 0 Å². The van der Waals surface area contributed by atoms with E-state index < -0.39 is 59.9 Å². The first-order chi connectivity index (χ1) is 9.98. The fourth-order valence-corrected chi connectivity index (χ4v) is 2.63. The van der Waals surface area contributed by atoms with E-state index in [4.69, 9.17) is 15.3 Å². The SMILES string of the molecule is CC(C)C1(NC(CC(=O)O)C(=O)O)NC1(CC(=O)O)C(=O)O. The summed E-state index contributed by atoms with van der Waals surface area (Å²) in [6.45, 7) is 3.15. The summed E-state index contributed by atoms with van der Waals surface area (Å²) in [7, 11) is 0. The maximum absolute atomic E-state index is 11.5. The first-order valence-corrected chi connectivity index (χ1v) is 6.45. The smallest absolute Gasteiger partial charge is 0.327 e. The molecule has 0 radical (unpaired) electrons. The van der Waals surface area contributed by atoms with Crippen molar-refractivity contribution in [1.82, 2.24) is 10.6 Å². The van der Waals surface area contributed by atoms with Crippen LogP contribution in [0.25, 0.3) is 0 Å². The number of hydrogen-bond donors (Lipinski definition) is 6. The summed E-state index contributed by atoms with van der Waals surface area (Å²) in [6.07, 6.45) is -1.54. The Balaban J connectivity index is 3.13. The Kier molecular flexibility index (Phi) is 4.78. The van der Waals surface area contributed by atoms with Gasteiger partial charge in [0.1, 0.15) is 11.7 Å². The zero-order valence-corrected chi connectivity index (χ0v) is 12.0. The van der Waals surface area contributed by atoms with Gasteiger partial charge in [0.25, 0.3) is 0 Å². The molecule has 0 spiro atoms.